The van der Waals surface area contributed by atoms with E-state index in [1.165, 1.54) is 23.2 Å². The first kappa shape index (κ1) is 18.8. The number of rotatable bonds is 6. The lowest BCUT2D eigenvalue weighted by molar-refractivity contribution is -0.383. The minimum Gasteiger partial charge on any atom is -0.334 e. The quantitative estimate of drug-likeness (QED) is 0.328. The molecule has 9 heteroatoms. The van der Waals surface area contributed by atoms with Gasteiger partial charge in [0.1, 0.15) is 6.33 Å². The highest BCUT2D eigenvalue weighted by Gasteiger charge is 2.24. The second-order valence-corrected chi connectivity index (χ2v) is 7.45. The molecule has 0 spiro atoms. The maximum absolute atomic E-state index is 11.8. The molecule has 0 saturated carbocycles. The summed E-state index contributed by atoms with van der Waals surface area (Å²) < 4.78 is 0.999. The third-order valence-corrected chi connectivity index (χ3v) is 5.41. The summed E-state index contributed by atoms with van der Waals surface area (Å²) in [6.45, 7) is 4.05. The predicted molar refractivity (Wildman–Crippen MR) is 115 cm³/mol. The first-order chi connectivity index (χ1) is 14.0. The number of hydrogen-bond acceptors (Lipinski definition) is 8. The van der Waals surface area contributed by atoms with Gasteiger partial charge in [-0.3, -0.25) is 10.1 Å². The molecule has 4 rings (SSSR count). The summed E-state index contributed by atoms with van der Waals surface area (Å²) in [7, 11) is 0. The highest BCUT2D eigenvalue weighted by Crippen LogP contribution is 2.35. The van der Waals surface area contributed by atoms with E-state index in [1.54, 1.807) is 0 Å². The zero-order valence-corrected chi connectivity index (χ0v) is 16.7. The fourth-order valence-electron chi connectivity index (χ4n) is 2.94. The molecule has 29 heavy (non-hydrogen) atoms. The van der Waals surface area contributed by atoms with Crippen molar-refractivity contribution in [3.63, 3.8) is 0 Å². The summed E-state index contributed by atoms with van der Waals surface area (Å²) in [5.41, 5.74) is 3.57. The minimum atomic E-state index is -0.496. The maximum Gasteiger partial charge on any atom is 0.353 e. The molecule has 0 bridgehead atoms. The largest absolute Gasteiger partial charge is 0.353 e. The highest BCUT2D eigenvalue weighted by molar-refractivity contribution is 7.22. The third kappa shape index (κ3) is 3.85. The molecule has 0 fully saturated rings. The molecule has 0 aliphatic carbocycles. The van der Waals surface area contributed by atoms with Crippen LogP contribution in [0.4, 0.5) is 28.1 Å². The van der Waals surface area contributed by atoms with Crippen LogP contribution in [0.15, 0.2) is 48.8 Å². The van der Waals surface area contributed by atoms with Gasteiger partial charge < -0.3 is 10.6 Å². The number of hydrogen-bond donors (Lipinski definition) is 2. The number of anilines is 4. The molecular weight excluding hydrogens is 388 g/mol. The topological polar surface area (TPSA) is 106 Å². The fraction of sp³-hybridized carbons (Fsp3) is 0.150. The second kappa shape index (κ2) is 7.80. The van der Waals surface area contributed by atoms with Crippen LogP contribution in [0.2, 0.25) is 0 Å². The first-order valence-corrected chi connectivity index (χ1v) is 9.85. The van der Waals surface area contributed by atoms with Crippen LogP contribution in [-0.2, 0) is 6.42 Å². The number of nitro groups is 1. The molecule has 4 aromatic rings. The lowest BCUT2D eigenvalue weighted by Crippen LogP contribution is -2.05. The van der Waals surface area contributed by atoms with Gasteiger partial charge in [-0.15, -0.1) is 0 Å². The Labute approximate surface area is 170 Å². The number of nitrogens with zero attached hydrogens (tertiary/aromatic N) is 4. The lowest BCUT2D eigenvalue weighted by Gasteiger charge is -2.09. The zero-order valence-electron chi connectivity index (χ0n) is 15.8. The van der Waals surface area contributed by atoms with Crippen LogP contribution in [0.3, 0.4) is 0 Å². The van der Waals surface area contributed by atoms with Crippen LogP contribution in [0, 0.1) is 17.0 Å². The average Bonchev–Trinajstić information content (AvgIpc) is 3.12. The van der Waals surface area contributed by atoms with Gasteiger partial charge in [-0.05, 0) is 42.7 Å². The molecule has 2 heterocycles. The third-order valence-electron chi connectivity index (χ3n) is 4.48. The molecule has 0 unspecified atom stereocenters. The van der Waals surface area contributed by atoms with Gasteiger partial charge in [-0.2, -0.15) is 0 Å². The van der Waals surface area contributed by atoms with Crippen molar-refractivity contribution in [2.75, 3.05) is 10.6 Å². The van der Waals surface area contributed by atoms with Gasteiger partial charge in [0.2, 0.25) is 11.6 Å². The molecule has 0 atom stereocenters. The number of benzene rings is 2. The Bertz CT molecular complexity index is 1190. The Kier molecular flexibility index (Phi) is 5.05. The van der Waals surface area contributed by atoms with Crippen molar-refractivity contribution in [3.05, 3.63) is 70.0 Å². The summed E-state index contributed by atoms with van der Waals surface area (Å²) in [6.07, 6.45) is 2.21. The van der Waals surface area contributed by atoms with Crippen molar-refractivity contribution in [1.82, 2.24) is 15.0 Å². The normalized spacial score (nSPS) is 10.8. The second-order valence-electron chi connectivity index (χ2n) is 6.42. The van der Waals surface area contributed by atoms with E-state index < -0.39 is 4.92 Å². The highest BCUT2D eigenvalue weighted by atomic mass is 32.1. The number of aryl methyl sites for hydroxylation is 2. The number of fused-ring (bicyclic) bond motifs is 1. The zero-order chi connectivity index (χ0) is 20.4. The molecule has 8 nitrogen and oxygen atoms in total. The predicted octanol–water partition coefficient (Wildman–Crippen LogP) is 5.35. The van der Waals surface area contributed by atoms with Crippen molar-refractivity contribution >= 4 is 49.7 Å². The monoisotopic (exact) mass is 406 g/mol. The summed E-state index contributed by atoms with van der Waals surface area (Å²) in [5.74, 6) is 0.212. The average molecular weight is 406 g/mol. The summed E-state index contributed by atoms with van der Waals surface area (Å²) in [5, 5.41) is 18.3. The van der Waals surface area contributed by atoms with Crippen molar-refractivity contribution in [2.45, 2.75) is 20.3 Å². The standard InChI is InChI=1S/C20H18N6O2S/c1-3-13-7-9-14(10-8-13)23-18-17(26(27)28)19(22-11-21-18)25-20-24-16-12(2)5-4-6-15(16)29-20/h4-11H,3H2,1-2H3,(H2,21,22,23,24,25). The van der Waals surface area contributed by atoms with Crippen molar-refractivity contribution in [1.29, 1.82) is 0 Å². The number of thiazole rings is 1. The van der Waals surface area contributed by atoms with Crippen molar-refractivity contribution in [3.8, 4) is 0 Å². The van der Waals surface area contributed by atoms with E-state index in [2.05, 4.69) is 32.5 Å². The lowest BCUT2D eigenvalue weighted by atomic mass is 10.1. The molecule has 0 aliphatic rings. The van der Waals surface area contributed by atoms with Crippen LogP contribution in [-0.4, -0.2) is 19.9 Å². The molecule has 0 radical (unpaired) electrons. The summed E-state index contributed by atoms with van der Waals surface area (Å²) in [6, 6.07) is 13.6. The summed E-state index contributed by atoms with van der Waals surface area (Å²) >= 11 is 1.41. The van der Waals surface area contributed by atoms with E-state index in [4.69, 9.17) is 0 Å². The van der Waals surface area contributed by atoms with Gasteiger partial charge in [0, 0.05) is 5.69 Å². The maximum atomic E-state index is 11.8. The van der Waals surface area contributed by atoms with Gasteiger partial charge in [-0.25, -0.2) is 15.0 Å². The molecule has 2 aromatic carbocycles. The van der Waals surface area contributed by atoms with E-state index in [1.807, 2.05) is 49.4 Å². The molecular formula is C20H18N6O2S. The van der Waals surface area contributed by atoms with E-state index in [9.17, 15) is 10.1 Å². The van der Waals surface area contributed by atoms with E-state index in [0.717, 1.165) is 22.2 Å². The Morgan fingerprint density at radius 2 is 1.79 bits per heavy atom. The molecule has 2 N–H and O–H groups in total. The SMILES string of the molecule is CCc1ccc(Nc2ncnc(Nc3nc4c(C)cccc4s3)c2[N+](=O)[O-])cc1. The molecule has 0 aliphatic heterocycles. The van der Waals surface area contributed by atoms with E-state index in [-0.39, 0.29) is 17.3 Å². The van der Waals surface area contributed by atoms with Gasteiger partial charge in [0.15, 0.2) is 5.13 Å². The van der Waals surface area contributed by atoms with Crippen LogP contribution < -0.4 is 10.6 Å². The number of nitrogens with one attached hydrogen (secondary N) is 2. The van der Waals surface area contributed by atoms with E-state index >= 15 is 0 Å². The first-order valence-electron chi connectivity index (χ1n) is 9.03. The molecule has 0 saturated heterocycles. The Morgan fingerprint density at radius 3 is 2.45 bits per heavy atom. The van der Waals surface area contributed by atoms with E-state index in [0.29, 0.717) is 10.8 Å². The van der Waals surface area contributed by atoms with Crippen molar-refractivity contribution < 1.29 is 4.92 Å². The van der Waals surface area contributed by atoms with Gasteiger partial charge >= 0.3 is 5.69 Å². The Hall–Kier alpha value is -3.59. The van der Waals surface area contributed by atoms with Crippen LogP contribution in [0.5, 0.6) is 0 Å². The Balaban J connectivity index is 1.68. The van der Waals surface area contributed by atoms with Gasteiger partial charge in [-0.1, -0.05) is 42.5 Å². The minimum absolute atomic E-state index is 0.0920. The molecule has 146 valence electrons. The van der Waals surface area contributed by atoms with Gasteiger partial charge in [0.25, 0.3) is 0 Å². The Morgan fingerprint density at radius 1 is 1.07 bits per heavy atom. The smallest absolute Gasteiger partial charge is 0.334 e. The van der Waals surface area contributed by atoms with Crippen LogP contribution in [0.25, 0.3) is 10.2 Å². The number of para-hydroxylation sites is 1. The number of aromatic nitrogens is 3. The fourth-order valence-corrected chi connectivity index (χ4v) is 3.88. The molecule has 0 amide bonds. The summed E-state index contributed by atoms with van der Waals surface area (Å²) in [4.78, 5) is 24.0. The van der Waals surface area contributed by atoms with Crippen molar-refractivity contribution in [2.24, 2.45) is 0 Å². The molecule has 2 aromatic heterocycles. The van der Waals surface area contributed by atoms with Crippen LogP contribution >= 0.6 is 11.3 Å². The van der Waals surface area contributed by atoms with Crippen LogP contribution in [0.1, 0.15) is 18.1 Å². The van der Waals surface area contributed by atoms with Gasteiger partial charge in [0.05, 0.1) is 15.1 Å².